The van der Waals surface area contributed by atoms with Crippen LogP contribution in [0.2, 0.25) is 0 Å². The van der Waals surface area contributed by atoms with Gasteiger partial charge in [-0.2, -0.15) is 0 Å². The Balaban J connectivity index is 2.16. The zero-order valence-corrected chi connectivity index (χ0v) is 18.9. The van der Waals surface area contributed by atoms with Gasteiger partial charge in [0.25, 0.3) is 0 Å². The molecule has 0 bridgehead atoms. The first-order valence-electron chi connectivity index (χ1n) is 11.5. The maximum Gasteiger partial charge on any atom is 0.341 e. The highest BCUT2D eigenvalue weighted by Gasteiger charge is 2.23. The molecule has 1 aliphatic rings. The molecule has 0 spiro atoms. The van der Waals surface area contributed by atoms with Gasteiger partial charge in [-0.15, -0.1) is 0 Å². The van der Waals surface area contributed by atoms with Crippen molar-refractivity contribution in [3.8, 4) is 5.75 Å². The summed E-state index contributed by atoms with van der Waals surface area (Å²) >= 11 is 0. The zero-order valence-electron chi connectivity index (χ0n) is 18.9. The van der Waals surface area contributed by atoms with Gasteiger partial charge in [0.1, 0.15) is 11.3 Å². The molecule has 1 aromatic heterocycles. The van der Waals surface area contributed by atoms with Crippen LogP contribution in [-0.2, 0) is 6.42 Å². The van der Waals surface area contributed by atoms with Gasteiger partial charge in [0.2, 0.25) is 5.43 Å². The number of rotatable bonds is 7. The summed E-state index contributed by atoms with van der Waals surface area (Å²) in [4.78, 5) is 24.8. The Labute approximate surface area is 183 Å². The van der Waals surface area contributed by atoms with Crippen molar-refractivity contribution in [1.82, 2.24) is 4.57 Å². The van der Waals surface area contributed by atoms with Gasteiger partial charge in [-0.1, -0.05) is 58.8 Å². The Morgan fingerprint density at radius 1 is 1.16 bits per heavy atom. The highest BCUT2D eigenvalue weighted by Crippen LogP contribution is 2.33. The fourth-order valence-electron chi connectivity index (χ4n) is 4.87. The summed E-state index contributed by atoms with van der Waals surface area (Å²) in [7, 11) is 1.63. The summed E-state index contributed by atoms with van der Waals surface area (Å²) in [5.74, 6) is 0.0556. The molecule has 1 aromatic carbocycles. The number of ether oxygens (including phenoxy) is 1. The number of methoxy groups -OCH3 is 1. The fraction of sp³-hybridized carbons (Fsp3) is 0.600. The highest BCUT2D eigenvalue weighted by atomic mass is 16.5. The summed E-state index contributed by atoms with van der Waals surface area (Å²) in [6, 6.07) is 3.32. The quantitative estimate of drug-likeness (QED) is 0.660. The van der Waals surface area contributed by atoms with Gasteiger partial charge in [-0.25, -0.2) is 4.79 Å². The number of nitrogens with zero attached hydrogens (tertiary/aromatic N) is 1. The molecular weight excluding hydrogens is 394 g/mol. The summed E-state index contributed by atoms with van der Waals surface area (Å²) in [5.41, 5.74) is 0.798. The van der Waals surface area contributed by atoms with E-state index in [9.17, 15) is 19.8 Å². The second-order valence-corrected chi connectivity index (χ2v) is 9.17. The van der Waals surface area contributed by atoms with Crippen LogP contribution in [0.3, 0.4) is 0 Å². The molecule has 0 amide bonds. The first-order valence-corrected chi connectivity index (χ1v) is 11.5. The van der Waals surface area contributed by atoms with Crippen molar-refractivity contribution in [2.45, 2.75) is 71.3 Å². The molecule has 6 nitrogen and oxygen atoms in total. The molecule has 6 heteroatoms. The zero-order chi connectivity index (χ0) is 22.5. The van der Waals surface area contributed by atoms with E-state index in [2.05, 4.69) is 0 Å². The Hall–Kier alpha value is -2.34. The van der Waals surface area contributed by atoms with Crippen LogP contribution < -0.4 is 10.2 Å². The van der Waals surface area contributed by atoms with Crippen molar-refractivity contribution in [3.05, 3.63) is 39.7 Å². The molecule has 1 fully saturated rings. The molecule has 0 aliphatic heterocycles. The lowest BCUT2D eigenvalue weighted by atomic mass is 9.86. The van der Waals surface area contributed by atoms with Gasteiger partial charge in [-0.05, 0) is 29.9 Å². The minimum atomic E-state index is -1.25. The van der Waals surface area contributed by atoms with Gasteiger partial charge < -0.3 is 19.5 Å². The van der Waals surface area contributed by atoms with Gasteiger partial charge in [0.05, 0.1) is 25.3 Å². The van der Waals surface area contributed by atoms with Gasteiger partial charge in [-0.3, -0.25) is 4.79 Å². The number of aromatic nitrogens is 1. The second-order valence-electron chi connectivity index (χ2n) is 9.17. The lowest BCUT2D eigenvalue weighted by Gasteiger charge is -2.26. The number of hydrogen-bond acceptors (Lipinski definition) is 4. The predicted molar refractivity (Wildman–Crippen MR) is 122 cm³/mol. The molecule has 1 atom stereocenters. The van der Waals surface area contributed by atoms with E-state index in [0.717, 1.165) is 12.0 Å². The second kappa shape index (κ2) is 10.3. The molecule has 170 valence electrons. The summed E-state index contributed by atoms with van der Waals surface area (Å²) in [6.45, 7) is 3.78. The van der Waals surface area contributed by atoms with E-state index >= 15 is 0 Å². The van der Waals surface area contributed by atoms with E-state index in [1.54, 1.807) is 11.7 Å². The van der Waals surface area contributed by atoms with Crippen molar-refractivity contribution in [2.24, 2.45) is 11.8 Å². The molecular formula is C25H35NO5. The highest BCUT2D eigenvalue weighted by molar-refractivity contribution is 5.93. The van der Waals surface area contributed by atoms with Crippen LogP contribution in [0.25, 0.3) is 10.9 Å². The van der Waals surface area contributed by atoms with Crippen LogP contribution in [0.5, 0.6) is 5.75 Å². The van der Waals surface area contributed by atoms with Crippen LogP contribution in [0.15, 0.2) is 23.1 Å². The van der Waals surface area contributed by atoms with E-state index in [1.165, 1.54) is 51.1 Å². The molecule has 3 rings (SSSR count). The Morgan fingerprint density at radius 3 is 2.35 bits per heavy atom. The van der Waals surface area contributed by atoms with E-state index in [1.807, 2.05) is 26.0 Å². The van der Waals surface area contributed by atoms with E-state index in [4.69, 9.17) is 4.74 Å². The SMILES string of the molecule is COc1cc2c(cc1CC1CCCCCCC1)c(=O)c(C(=O)O)cn2C(CO)C(C)C. The Morgan fingerprint density at radius 2 is 1.81 bits per heavy atom. The molecule has 2 aromatic rings. The van der Waals surface area contributed by atoms with Crippen molar-refractivity contribution in [3.63, 3.8) is 0 Å². The number of aliphatic hydroxyl groups is 1. The van der Waals surface area contributed by atoms with Crippen molar-refractivity contribution in [2.75, 3.05) is 13.7 Å². The van der Waals surface area contributed by atoms with Gasteiger partial charge in [0.15, 0.2) is 0 Å². The number of benzene rings is 1. The molecule has 1 aliphatic carbocycles. The monoisotopic (exact) mass is 429 g/mol. The lowest BCUT2D eigenvalue weighted by Crippen LogP contribution is -2.25. The average Bonchev–Trinajstić information content (AvgIpc) is 2.71. The first kappa shape index (κ1) is 23.3. The number of carboxylic acid groups (broad SMARTS) is 1. The number of carboxylic acids is 1. The summed E-state index contributed by atoms with van der Waals surface area (Å²) < 4.78 is 7.43. The molecule has 31 heavy (non-hydrogen) atoms. The maximum atomic E-state index is 13.0. The molecule has 0 radical (unpaired) electrons. The Bertz CT molecular complexity index is 970. The fourth-order valence-corrected chi connectivity index (χ4v) is 4.87. The summed E-state index contributed by atoms with van der Waals surface area (Å²) in [5, 5.41) is 20.0. The number of carbonyl (C=O) groups is 1. The standard InChI is InChI=1S/C25H35NO5/c1-16(2)22(15-27)26-14-20(25(29)30)24(28)19-12-18(23(31-3)13-21(19)26)11-17-9-7-5-4-6-8-10-17/h12-14,16-17,22,27H,4-11,15H2,1-3H3,(H,29,30). The topological polar surface area (TPSA) is 88.8 Å². The number of aliphatic hydroxyl groups excluding tert-OH is 1. The van der Waals surface area contributed by atoms with E-state index in [0.29, 0.717) is 22.6 Å². The maximum absolute atomic E-state index is 13.0. The lowest BCUT2D eigenvalue weighted by molar-refractivity contribution is 0.0694. The van der Waals surface area contributed by atoms with Crippen LogP contribution in [0.1, 0.15) is 80.8 Å². The smallest absolute Gasteiger partial charge is 0.341 e. The molecule has 1 unspecified atom stereocenters. The van der Waals surface area contributed by atoms with Crippen LogP contribution in [0.4, 0.5) is 0 Å². The van der Waals surface area contributed by atoms with E-state index < -0.39 is 11.4 Å². The van der Waals surface area contributed by atoms with Crippen molar-refractivity contribution >= 4 is 16.9 Å². The Kier molecular flexibility index (Phi) is 7.76. The summed E-state index contributed by atoms with van der Waals surface area (Å²) in [6.07, 6.45) is 10.8. The minimum Gasteiger partial charge on any atom is -0.496 e. The molecule has 1 heterocycles. The first-order chi connectivity index (χ1) is 14.9. The number of hydrogen-bond donors (Lipinski definition) is 2. The molecule has 1 saturated carbocycles. The minimum absolute atomic E-state index is 0.0537. The third kappa shape index (κ3) is 5.12. The number of pyridine rings is 1. The van der Waals surface area contributed by atoms with Crippen LogP contribution in [-0.4, -0.2) is 34.5 Å². The van der Waals surface area contributed by atoms with Crippen LogP contribution >= 0.6 is 0 Å². The molecule has 2 N–H and O–H groups in total. The van der Waals surface area contributed by atoms with Gasteiger partial charge >= 0.3 is 5.97 Å². The van der Waals surface area contributed by atoms with Gasteiger partial charge in [0, 0.05) is 17.6 Å². The van der Waals surface area contributed by atoms with E-state index in [-0.39, 0.29) is 24.1 Å². The van der Waals surface area contributed by atoms with Crippen molar-refractivity contribution in [1.29, 1.82) is 0 Å². The normalized spacial score (nSPS) is 16.8. The average molecular weight is 430 g/mol. The van der Waals surface area contributed by atoms with Crippen LogP contribution in [0, 0.1) is 11.8 Å². The number of aromatic carboxylic acids is 1. The largest absolute Gasteiger partial charge is 0.496 e. The van der Waals surface area contributed by atoms with Crippen molar-refractivity contribution < 1.29 is 19.7 Å². The third-order valence-corrected chi connectivity index (χ3v) is 6.71. The number of fused-ring (bicyclic) bond motifs is 1. The molecule has 0 saturated heterocycles. The predicted octanol–water partition coefficient (Wildman–Crippen LogP) is 4.80. The third-order valence-electron chi connectivity index (χ3n) is 6.71.